The highest BCUT2D eigenvalue weighted by molar-refractivity contribution is 7.87. The summed E-state index contributed by atoms with van der Waals surface area (Å²) in [4.78, 5) is 2.45. The SMILES string of the molecule is CCCN1C[C@H](NS(=O)(=O)N(CC)CC)CC2Cc3c(O)cccc3C[C@@H]21. The van der Waals surface area contributed by atoms with Gasteiger partial charge in [0.2, 0.25) is 0 Å². The van der Waals surface area contributed by atoms with Crippen LogP contribution < -0.4 is 4.72 Å². The second-order valence-electron chi connectivity index (χ2n) is 7.79. The Morgan fingerprint density at radius 1 is 1.22 bits per heavy atom. The number of phenols is 1. The predicted molar refractivity (Wildman–Crippen MR) is 108 cm³/mol. The summed E-state index contributed by atoms with van der Waals surface area (Å²) < 4.78 is 29.8. The second kappa shape index (κ2) is 8.47. The molecule has 1 aliphatic heterocycles. The highest BCUT2D eigenvalue weighted by Crippen LogP contribution is 2.38. The molecule has 0 aromatic heterocycles. The Labute approximate surface area is 163 Å². The molecule has 0 saturated carbocycles. The largest absolute Gasteiger partial charge is 0.508 e. The van der Waals surface area contributed by atoms with Crippen molar-refractivity contribution < 1.29 is 13.5 Å². The molecule has 0 spiro atoms. The summed E-state index contributed by atoms with van der Waals surface area (Å²) in [5.41, 5.74) is 2.28. The van der Waals surface area contributed by atoms with Gasteiger partial charge >= 0.3 is 0 Å². The molecule has 27 heavy (non-hydrogen) atoms. The van der Waals surface area contributed by atoms with Crippen molar-refractivity contribution in [1.82, 2.24) is 13.9 Å². The van der Waals surface area contributed by atoms with Gasteiger partial charge in [0, 0.05) is 31.7 Å². The molecule has 1 aromatic carbocycles. The lowest BCUT2D eigenvalue weighted by Gasteiger charge is -2.47. The van der Waals surface area contributed by atoms with Crippen LogP contribution in [0.1, 0.15) is 44.7 Å². The molecule has 1 aliphatic carbocycles. The highest BCUT2D eigenvalue weighted by atomic mass is 32.2. The van der Waals surface area contributed by atoms with Gasteiger partial charge in [0.25, 0.3) is 10.2 Å². The number of benzene rings is 1. The fourth-order valence-corrected chi connectivity index (χ4v) is 6.26. The van der Waals surface area contributed by atoms with E-state index in [1.807, 2.05) is 19.9 Å². The van der Waals surface area contributed by atoms with Crippen LogP contribution in [0.5, 0.6) is 5.75 Å². The molecule has 1 heterocycles. The summed E-state index contributed by atoms with van der Waals surface area (Å²) in [6, 6.07) is 6.13. The maximum atomic E-state index is 12.7. The number of hydrogen-bond donors (Lipinski definition) is 2. The number of fused-ring (bicyclic) bond motifs is 2. The molecule has 0 radical (unpaired) electrons. The molecule has 1 aromatic rings. The summed E-state index contributed by atoms with van der Waals surface area (Å²) in [6.07, 6.45) is 3.62. The summed E-state index contributed by atoms with van der Waals surface area (Å²) in [6.45, 7) is 8.58. The van der Waals surface area contributed by atoms with Crippen molar-refractivity contribution in [3.63, 3.8) is 0 Å². The molecule has 0 amide bonds. The van der Waals surface area contributed by atoms with E-state index in [2.05, 4.69) is 22.6 Å². The van der Waals surface area contributed by atoms with Crippen molar-refractivity contribution in [2.75, 3.05) is 26.2 Å². The van der Waals surface area contributed by atoms with Gasteiger partial charge in [-0.3, -0.25) is 4.90 Å². The van der Waals surface area contributed by atoms with Crippen molar-refractivity contribution in [2.45, 2.75) is 58.5 Å². The van der Waals surface area contributed by atoms with Crippen LogP contribution in [0.15, 0.2) is 18.2 Å². The van der Waals surface area contributed by atoms with Crippen molar-refractivity contribution in [1.29, 1.82) is 0 Å². The van der Waals surface area contributed by atoms with Gasteiger partial charge in [0.1, 0.15) is 5.75 Å². The first kappa shape index (κ1) is 20.6. The zero-order valence-electron chi connectivity index (χ0n) is 16.7. The Balaban J connectivity index is 1.81. The third-order valence-electron chi connectivity index (χ3n) is 6.07. The molecule has 6 nitrogen and oxygen atoms in total. The van der Waals surface area contributed by atoms with Gasteiger partial charge in [-0.1, -0.05) is 32.9 Å². The molecule has 1 fully saturated rings. The lowest BCUT2D eigenvalue weighted by atomic mass is 9.74. The third kappa shape index (κ3) is 4.31. The molecule has 3 rings (SSSR count). The van der Waals surface area contributed by atoms with Gasteiger partial charge in [-0.25, -0.2) is 0 Å². The number of nitrogens with zero attached hydrogens (tertiary/aromatic N) is 2. The van der Waals surface area contributed by atoms with E-state index in [4.69, 9.17) is 0 Å². The quantitative estimate of drug-likeness (QED) is 0.742. The van der Waals surface area contributed by atoms with E-state index < -0.39 is 10.2 Å². The zero-order chi connectivity index (χ0) is 19.6. The maximum Gasteiger partial charge on any atom is 0.279 e. The Bertz CT molecular complexity index is 749. The van der Waals surface area contributed by atoms with E-state index in [0.717, 1.165) is 44.3 Å². The minimum atomic E-state index is -3.46. The fraction of sp³-hybridized carbons (Fsp3) is 0.700. The van der Waals surface area contributed by atoms with Gasteiger partial charge in [0.05, 0.1) is 0 Å². The summed E-state index contributed by atoms with van der Waals surface area (Å²) in [5.74, 6) is 0.731. The zero-order valence-corrected chi connectivity index (χ0v) is 17.5. The predicted octanol–water partition coefficient (Wildman–Crippen LogP) is 2.14. The first-order valence-corrected chi connectivity index (χ1v) is 11.6. The molecular formula is C20H33N3O3S. The van der Waals surface area contributed by atoms with Crippen LogP contribution in [0.3, 0.4) is 0 Å². The monoisotopic (exact) mass is 395 g/mol. The van der Waals surface area contributed by atoms with Gasteiger partial charge < -0.3 is 5.11 Å². The van der Waals surface area contributed by atoms with E-state index in [1.54, 1.807) is 6.07 Å². The van der Waals surface area contributed by atoms with Crippen LogP contribution in [-0.4, -0.2) is 61.0 Å². The Morgan fingerprint density at radius 3 is 2.63 bits per heavy atom. The van der Waals surface area contributed by atoms with E-state index in [-0.39, 0.29) is 6.04 Å². The number of phenolic OH excluding ortho intramolecular Hbond substituents is 1. The van der Waals surface area contributed by atoms with Crippen LogP contribution in [-0.2, 0) is 23.1 Å². The average molecular weight is 396 g/mol. The van der Waals surface area contributed by atoms with E-state index in [1.165, 1.54) is 9.87 Å². The molecular weight excluding hydrogens is 362 g/mol. The van der Waals surface area contributed by atoms with Gasteiger partial charge in [0.15, 0.2) is 0 Å². The van der Waals surface area contributed by atoms with Gasteiger partial charge in [-0.2, -0.15) is 17.4 Å². The smallest absolute Gasteiger partial charge is 0.279 e. The van der Waals surface area contributed by atoms with Crippen molar-refractivity contribution >= 4 is 10.2 Å². The van der Waals surface area contributed by atoms with Gasteiger partial charge in [-0.15, -0.1) is 0 Å². The third-order valence-corrected chi connectivity index (χ3v) is 7.90. The van der Waals surface area contributed by atoms with Crippen LogP contribution >= 0.6 is 0 Å². The summed E-state index contributed by atoms with van der Waals surface area (Å²) in [5, 5.41) is 10.3. The van der Waals surface area contributed by atoms with E-state index >= 15 is 0 Å². The van der Waals surface area contributed by atoms with Crippen LogP contribution in [0.4, 0.5) is 0 Å². The maximum absolute atomic E-state index is 12.7. The number of likely N-dealkylation sites (tertiary alicyclic amines) is 1. The topological polar surface area (TPSA) is 72.9 Å². The number of aromatic hydroxyl groups is 1. The fourth-order valence-electron chi connectivity index (χ4n) is 4.84. The Morgan fingerprint density at radius 2 is 1.96 bits per heavy atom. The van der Waals surface area contributed by atoms with Crippen molar-refractivity contribution in [3.05, 3.63) is 29.3 Å². The number of rotatable bonds is 7. The van der Waals surface area contributed by atoms with Crippen molar-refractivity contribution in [2.24, 2.45) is 5.92 Å². The molecule has 7 heteroatoms. The molecule has 152 valence electrons. The Hall–Kier alpha value is -1.15. The first-order chi connectivity index (χ1) is 12.9. The van der Waals surface area contributed by atoms with Gasteiger partial charge in [-0.05, 0) is 55.3 Å². The second-order valence-corrected chi connectivity index (χ2v) is 9.49. The van der Waals surface area contributed by atoms with Crippen LogP contribution in [0, 0.1) is 5.92 Å². The summed E-state index contributed by atoms with van der Waals surface area (Å²) in [7, 11) is -3.46. The van der Waals surface area contributed by atoms with E-state index in [9.17, 15) is 13.5 Å². The number of piperidine rings is 1. The number of hydrogen-bond acceptors (Lipinski definition) is 4. The minimum Gasteiger partial charge on any atom is -0.508 e. The Kier molecular flexibility index (Phi) is 6.46. The van der Waals surface area contributed by atoms with Crippen LogP contribution in [0.25, 0.3) is 0 Å². The van der Waals surface area contributed by atoms with Crippen molar-refractivity contribution in [3.8, 4) is 5.75 Å². The summed E-state index contributed by atoms with van der Waals surface area (Å²) >= 11 is 0. The molecule has 1 unspecified atom stereocenters. The lowest BCUT2D eigenvalue weighted by molar-refractivity contribution is 0.0679. The highest BCUT2D eigenvalue weighted by Gasteiger charge is 2.40. The molecule has 1 saturated heterocycles. The van der Waals surface area contributed by atoms with E-state index in [0.29, 0.717) is 30.8 Å². The number of nitrogens with one attached hydrogen (secondary N) is 1. The molecule has 2 N–H and O–H groups in total. The molecule has 3 atom stereocenters. The standard InChI is InChI=1S/C20H33N3O3S/c1-4-10-22-14-17(21-27(25,26)23(5-2)6-3)11-16-12-18-15(13-19(16)22)8-7-9-20(18)24/h7-9,16-17,19,21,24H,4-6,10-14H2,1-3H3/t16?,17-,19+/m1/s1. The average Bonchev–Trinajstić information content (AvgIpc) is 2.62. The lowest BCUT2D eigenvalue weighted by Crippen LogP contribution is -2.59. The molecule has 2 aliphatic rings. The first-order valence-electron chi connectivity index (χ1n) is 10.2. The van der Waals surface area contributed by atoms with Crippen LogP contribution in [0.2, 0.25) is 0 Å². The normalized spacial score (nSPS) is 26.0. The molecule has 0 bridgehead atoms. The minimum absolute atomic E-state index is 0.0872.